The molecule has 0 aliphatic carbocycles. The first kappa shape index (κ1) is 36.2. The largest absolute Gasteiger partial charge is 0.393 e. The molecule has 2 aromatic heterocycles. The van der Waals surface area contributed by atoms with Gasteiger partial charge in [0, 0.05) is 64.2 Å². The summed E-state index contributed by atoms with van der Waals surface area (Å²) in [6.07, 6.45) is 3.48. The minimum absolute atomic E-state index is 0.0637. The quantitative estimate of drug-likeness (QED) is 0.0957. The molecule has 0 radical (unpaired) electrons. The highest BCUT2D eigenvalue weighted by Crippen LogP contribution is 2.41. The van der Waals surface area contributed by atoms with Gasteiger partial charge < -0.3 is 14.5 Å². The van der Waals surface area contributed by atoms with Crippen molar-refractivity contribution in [3.8, 4) is 0 Å². The van der Waals surface area contributed by atoms with Crippen molar-refractivity contribution in [1.82, 2.24) is 24.6 Å². The van der Waals surface area contributed by atoms with E-state index in [1.54, 1.807) is 85.6 Å². The first-order valence-corrected chi connectivity index (χ1v) is 17.4. The SMILES string of the molecule is CN(C)C(=O)C=CCN(C)[C@H]1CCCN(c2ccc(/C(=C(/CC(F)(F)F)c3ccccc3)c3ccc4c(c3)c(F)nn4C3CCCCO3)cn2)C1. The lowest BCUT2D eigenvalue weighted by atomic mass is 9.88. The van der Waals surface area contributed by atoms with Crippen LogP contribution in [0.15, 0.2) is 79.0 Å². The third-order valence-electron chi connectivity index (χ3n) is 9.65. The zero-order chi connectivity index (χ0) is 36.1. The number of alkyl halides is 3. The maximum atomic E-state index is 15.5. The van der Waals surface area contributed by atoms with Crippen LogP contribution in [-0.2, 0) is 9.53 Å². The number of hydrogen-bond donors (Lipinski definition) is 0. The molecule has 4 heterocycles. The maximum absolute atomic E-state index is 15.5. The number of pyridine rings is 1. The number of anilines is 1. The summed E-state index contributed by atoms with van der Waals surface area (Å²) in [7, 11) is 5.46. The maximum Gasteiger partial charge on any atom is 0.393 e. The van der Waals surface area contributed by atoms with Gasteiger partial charge in [0.1, 0.15) is 5.82 Å². The van der Waals surface area contributed by atoms with Gasteiger partial charge in [0.15, 0.2) is 6.23 Å². The summed E-state index contributed by atoms with van der Waals surface area (Å²) in [5.41, 5.74) is 2.27. The van der Waals surface area contributed by atoms with Gasteiger partial charge in [-0.15, -0.1) is 5.10 Å². The van der Waals surface area contributed by atoms with Gasteiger partial charge in [-0.2, -0.15) is 17.6 Å². The summed E-state index contributed by atoms with van der Waals surface area (Å²) >= 11 is 0. The van der Waals surface area contributed by atoms with Crippen LogP contribution in [0, 0.1) is 5.95 Å². The third-order valence-corrected chi connectivity index (χ3v) is 9.65. The number of aromatic nitrogens is 3. The Morgan fingerprint density at radius 2 is 1.76 bits per heavy atom. The lowest BCUT2D eigenvalue weighted by molar-refractivity contribution is -0.124. The zero-order valence-corrected chi connectivity index (χ0v) is 29.2. The van der Waals surface area contributed by atoms with Gasteiger partial charge in [-0.05, 0) is 85.7 Å². The molecule has 2 fully saturated rings. The van der Waals surface area contributed by atoms with Gasteiger partial charge in [0.25, 0.3) is 0 Å². The standard InChI is InChI=1S/C39H44F4N6O2/c1-46(2)35(50)14-10-20-47(3)30-13-9-21-48(26-30)34-19-17-29(25-44-34)37(32(24-39(41,42)43)27-11-5-4-6-12-27)28-16-18-33-31(23-28)38(40)45-49(33)36-15-7-8-22-51-36/h4-6,10-12,14,16-19,23,25,30,36H,7-9,13,15,20-22,24,26H2,1-3H3/b14-10?,37-32-/t30-,36?/m0/s1. The molecule has 6 rings (SSSR count). The van der Waals surface area contributed by atoms with E-state index in [9.17, 15) is 18.0 Å². The number of carbonyl (C=O) groups is 1. The first-order chi connectivity index (χ1) is 24.5. The van der Waals surface area contributed by atoms with Crippen molar-refractivity contribution in [1.29, 1.82) is 0 Å². The average Bonchev–Trinajstić information content (AvgIpc) is 3.47. The third kappa shape index (κ3) is 8.68. The lowest BCUT2D eigenvalue weighted by Crippen LogP contribution is -2.46. The van der Waals surface area contributed by atoms with Crippen molar-refractivity contribution >= 4 is 33.8 Å². The van der Waals surface area contributed by atoms with Crippen molar-refractivity contribution < 1.29 is 27.1 Å². The van der Waals surface area contributed by atoms with Crippen molar-refractivity contribution in [3.63, 3.8) is 0 Å². The smallest absolute Gasteiger partial charge is 0.356 e. The number of fused-ring (bicyclic) bond motifs is 1. The minimum Gasteiger partial charge on any atom is -0.356 e. The second-order valence-corrected chi connectivity index (χ2v) is 13.5. The van der Waals surface area contributed by atoms with Gasteiger partial charge in [-0.1, -0.05) is 42.5 Å². The lowest BCUT2D eigenvalue weighted by Gasteiger charge is -2.38. The summed E-state index contributed by atoms with van der Waals surface area (Å²) in [5, 5.41) is 4.36. The van der Waals surface area contributed by atoms with Gasteiger partial charge in [-0.3, -0.25) is 9.69 Å². The van der Waals surface area contributed by atoms with Crippen LogP contribution >= 0.6 is 0 Å². The van der Waals surface area contributed by atoms with Crippen LogP contribution in [0.3, 0.4) is 0 Å². The normalized spacial score (nSPS) is 19.2. The molecule has 2 saturated heterocycles. The van der Waals surface area contributed by atoms with Crippen LogP contribution in [0.5, 0.6) is 0 Å². The molecule has 2 aromatic carbocycles. The summed E-state index contributed by atoms with van der Waals surface area (Å²) in [6.45, 7) is 2.69. The van der Waals surface area contributed by atoms with Crippen molar-refractivity contribution in [2.24, 2.45) is 0 Å². The summed E-state index contributed by atoms with van der Waals surface area (Å²) in [6, 6.07) is 17.4. The molecular weight excluding hydrogens is 660 g/mol. The molecule has 0 spiro atoms. The van der Waals surface area contributed by atoms with E-state index in [1.807, 2.05) is 19.2 Å². The minimum atomic E-state index is -4.51. The van der Waals surface area contributed by atoms with Crippen molar-refractivity contribution in [2.45, 2.75) is 57.0 Å². The predicted molar refractivity (Wildman–Crippen MR) is 191 cm³/mol. The molecule has 2 aliphatic heterocycles. The number of halogens is 4. The Labute approximate surface area is 296 Å². The van der Waals surface area contributed by atoms with E-state index < -0.39 is 24.8 Å². The summed E-state index contributed by atoms with van der Waals surface area (Å²) < 4.78 is 65.8. The van der Waals surface area contributed by atoms with E-state index >= 15 is 4.39 Å². The number of ether oxygens (including phenoxy) is 1. The molecule has 270 valence electrons. The van der Waals surface area contributed by atoms with Crippen LogP contribution in [0.4, 0.5) is 23.4 Å². The van der Waals surface area contributed by atoms with E-state index in [-0.39, 0.29) is 22.9 Å². The number of carbonyl (C=O) groups excluding carboxylic acids is 1. The number of piperidine rings is 1. The Balaban J connectivity index is 1.35. The molecular formula is C39H44F4N6O2. The predicted octanol–water partition coefficient (Wildman–Crippen LogP) is 7.73. The molecule has 0 bridgehead atoms. The van der Waals surface area contributed by atoms with Crippen molar-refractivity contribution in [3.05, 3.63) is 102 Å². The molecule has 2 aliphatic rings. The molecule has 4 aromatic rings. The number of amides is 1. The Hall–Kier alpha value is -4.55. The average molecular weight is 705 g/mol. The molecule has 8 nitrogen and oxygen atoms in total. The van der Waals surface area contributed by atoms with E-state index in [1.165, 1.54) is 4.90 Å². The molecule has 0 N–H and O–H groups in total. The number of likely N-dealkylation sites (N-methyl/N-ethyl adjacent to an activating group) is 2. The Kier molecular flexibility index (Phi) is 11.2. The Morgan fingerprint density at radius 1 is 0.980 bits per heavy atom. The number of allylic oxidation sites excluding steroid dienone is 1. The monoisotopic (exact) mass is 704 g/mol. The molecule has 0 saturated carbocycles. The fraction of sp³-hybridized carbons (Fsp3) is 0.410. The number of nitrogens with zero attached hydrogens (tertiary/aromatic N) is 6. The van der Waals surface area contributed by atoms with Crippen LogP contribution < -0.4 is 4.90 Å². The van der Waals surface area contributed by atoms with E-state index in [2.05, 4.69) is 14.9 Å². The molecule has 1 unspecified atom stereocenters. The Bertz CT molecular complexity index is 1860. The molecule has 12 heteroatoms. The number of hydrogen-bond acceptors (Lipinski definition) is 6. The van der Waals surface area contributed by atoms with Crippen LogP contribution in [0.2, 0.25) is 0 Å². The fourth-order valence-corrected chi connectivity index (χ4v) is 6.95. The number of benzene rings is 2. The van der Waals surface area contributed by atoms with Crippen LogP contribution in [0.1, 0.15) is 61.4 Å². The first-order valence-electron chi connectivity index (χ1n) is 17.4. The molecule has 2 atom stereocenters. The Morgan fingerprint density at radius 3 is 2.45 bits per heavy atom. The zero-order valence-electron chi connectivity index (χ0n) is 29.2. The van der Waals surface area contributed by atoms with Gasteiger partial charge in [0.05, 0.1) is 17.3 Å². The molecule has 51 heavy (non-hydrogen) atoms. The van der Waals surface area contributed by atoms with E-state index in [0.717, 1.165) is 44.6 Å². The highest BCUT2D eigenvalue weighted by Gasteiger charge is 2.32. The van der Waals surface area contributed by atoms with Crippen LogP contribution in [-0.4, -0.2) is 90.1 Å². The summed E-state index contributed by atoms with van der Waals surface area (Å²) in [4.78, 5) is 22.7. The van der Waals surface area contributed by atoms with Gasteiger partial charge in [0.2, 0.25) is 11.9 Å². The summed E-state index contributed by atoms with van der Waals surface area (Å²) in [5.74, 6) is -0.0385. The fourth-order valence-electron chi connectivity index (χ4n) is 6.95. The number of rotatable bonds is 10. The highest BCUT2D eigenvalue weighted by atomic mass is 19.4. The van der Waals surface area contributed by atoms with Gasteiger partial charge in [-0.25, -0.2) is 9.67 Å². The topological polar surface area (TPSA) is 66.7 Å². The van der Waals surface area contributed by atoms with Gasteiger partial charge >= 0.3 is 6.18 Å². The highest BCUT2D eigenvalue weighted by molar-refractivity contribution is 6.00. The van der Waals surface area contributed by atoms with E-state index in [4.69, 9.17) is 9.72 Å². The van der Waals surface area contributed by atoms with Crippen molar-refractivity contribution in [2.75, 3.05) is 52.3 Å². The molecule has 1 amide bonds. The van der Waals surface area contributed by atoms with Crippen LogP contribution in [0.25, 0.3) is 22.0 Å². The second kappa shape index (κ2) is 15.8. The van der Waals surface area contributed by atoms with E-state index in [0.29, 0.717) is 47.4 Å². The second-order valence-electron chi connectivity index (χ2n) is 13.5.